The van der Waals surface area contributed by atoms with Gasteiger partial charge in [0.2, 0.25) is 0 Å². The highest BCUT2D eigenvalue weighted by molar-refractivity contribution is 7.90. The average Bonchev–Trinajstić information content (AvgIpc) is 3.54. The van der Waals surface area contributed by atoms with E-state index < -0.39 is 16.2 Å². The third-order valence-electron chi connectivity index (χ3n) is 5.88. The number of oxazole rings is 1. The highest BCUT2D eigenvalue weighted by atomic mass is 32.2. The third-order valence-corrected chi connectivity index (χ3v) is 6.99. The molecule has 8 nitrogen and oxygen atoms in total. The maximum atomic E-state index is 12.6. The molecule has 0 aliphatic carbocycles. The number of aromatic nitrogens is 3. The van der Waals surface area contributed by atoms with Crippen molar-refractivity contribution in [1.82, 2.24) is 14.8 Å². The van der Waals surface area contributed by atoms with Crippen molar-refractivity contribution in [2.24, 2.45) is 0 Å². The van der Waals surface area contributed by atoms with Gasteiger partial charge in [-0.25, -0.2) is 18.1 Å². The Morgan fingerprint density at radius 2 is 1.68 bits per heavy atom. The molecule has 40 heavy (non-hydrogen) atoms. The molecule has 0 saturated carbocycles. The molecule has 202 valence electrons. The van der Waals surface area contributed by atoms with Crippen LogP contribution in [0, 0.1) is 18.3 Å². The first-order valence-electron chi connectivity index (χ1n) is 11.7. The predicted octanol–water partition coefficient (Wildman–Crippen LogP) is 6.34. The number of sulfone groups is 1. The lowest BCUT2D eigenvalue weighted by Gasteiger charge is -2.13. The van der Waals surface area contributed by atoms with E-state index in [1.165, 1.54) is 35.0 Å². The molecule has 2 aromatic heterocycles. The number of alkyl halides is 3. The quantitative estimate of drug-likeness (QED) is 0.237. The topological polar surface area (TPSA) is 111 Å². The minimum Gasteiger partial charge on any atom is -0.440 e. The fourth-order valence-corrected chi connectivity index (χ4v) is 4.81. The molecule has 5 rings (SSSR count). The molecule has 12 heteroatoms. The highest BCUT2D eigenvalue weighted by Gasteiger charge is 2.31. The Balaban J connectivity index is 1.68. The maximum absolute atomic E-state index is 12.6. The van der Waals surface area contributed by atoms with Crippen LogP contribution in [0.4, 0.5) is 13.2 Å². The van der Waals surface area contributed by atoms with Crippen molar-refractivity contribution in [3.05, 3.63) is 90.6 Å². The van der Waals surface area contributed by atoms with Gasteiger partial charge in [-0.1, -0.05) is 18.2 Å². The molecule has 0 bridgehead atoms. The third kappa shape index (κ3) is 5.60. The van der Waals surface area contributed by atoms with Gasteiger partial charge >= 0.3 is 6.36 Å². The minimum atomic E-state index is -4.83. The molecule has 0 fully saturated rings. The molecule has 0 atom stereocenters. The zero-order chi connectivity index (χ0) is 28.7. The van der Waals surface area contributed by atoms with Gasteiger partial charge in [0.05, 0.1) is 10.6 Å². The molecule has 0 saturated heterocycles. The molecule has 5 aromatic rings. The van der Waals surface area contributed by atoms with E-state index in [2.05, 4.69) is 14.8 Å². The molecular formula is C28H19F3N4O4S. The summed E-state index contributed by atoms with van der Waals surface area (Å²) in [4.78, 5) is 4.63. The van der Waals surface area contributed by atoms with Crippen LogP contribution in [0.1, 0.15) is 11.6 Å². The fourth-order valence-electron chi connectivity index (χ4n) is 4.14. The van der Waals surface area contributed by atoms with Gasteiger partial charge < -0.3 is 9.15 Å². The molecule has 0 N–H and O–H groups in total. The molecular weight excluding hydrogens is 545 g/mol. The lowest BCUT2D eigenvalue weighted by Crippen LogP contribution is -2.16. The second-order valence-electron chi connectivity index (χ2n) is 8.77. The summed E-state index contributed by atoms with van der Waals surface area (Å²) < 4.78 is 73.7. The smallest absolute Gasteiger partial charge is 0.440 e. The van der Waals surface area contributed by atoms with Crippen LogP contribution in [0.3, 0.4) is 0 Å². The first-order valence-corrected chi connectivity index (χ1v) is 13.5. The van der Waals surface area contributed by atoms with Crippen molar-refractivity contribution < 1.29 is 30.7 Å². The van der Waals surface area contributed by atoms with Crippen molar-refractivity contribution in [2.45, 2.75) is 18.2 Å². The summed E-state index contributed by atoms with van der Waals surface area (Å²) in [5.41, 5.74) is 3.32. The lowest BCUT2D eigenvalue weighted by molar-refractivity contribution is -0.274. The summed E-state index contributed by atoms with van der Waals surface area (Å²) in [5, 5.41) is 13.6. The Kier molecular flexibility index (Phi) is 6.69. The molecule has 0 radical (unpaired) electrons. The lowest BCUT2D eigenvalue weighted by atomic mass is 9.98. The van der Waals surface area contributed by atoms with E-state index in [0.717, 1.165) is 6.26 Å². The van der Waals surface area contributed by atoms with Gasteiger partial charge in [-0.05, 0) is 65.7 Å². The summed E-state index contributed by atoms with van der Waals surface area (Å²) in [6.45, 7) is 1.63. The van der Waals surface area contributed by atoms with Crippen molar-refractivity contribution in [1.29, 1.82) is 5.26 Å². The van der Waals surface area contributed by atoms with Crippen LogP contribution in [0.2, 0.25) is 0 Å². The van der Waals surface area contributed by atoms with E-state index in [-0.39, 0.29) is 16.3 Å². The number of hydrogen-bond donors (Lipinski definition) is 0. The summed E-state index contributed by atoms with van der Waals surface area (Å²) in [6.07, 6.45) is -2.10. The first kappa shape index (κ1) is 26.7. The Morgan fingerprint density at radius 1 is 0.975 bits per heavy atom. The number of hydrogen-bond acceptors (Lipinski definition) is 7. The molecule has 0 unspecified atom stereocenters. The zero-order valence-corrected chi connectivity index (χ0v) is 21.8. The molecule has 0 aliphatic heterocycles. The van der Waals surface area contributed by atoms with Crippen LogP contribution >= 0.6 is 0 Å². The molecule has 2 heterocycles. The van der Waals surface area contributed by atoms with Crippen LogP contribution in [-0.2, 0) is 9.84 Å². The van der Waals surface area contributed by atoms with Crippen LogP contribution in [0.25, 0.3) is 39.4 Å². The second-order valence-corrected chi connectivity index (χ2v) is 10.8. The van der Waals surface area contributed by atoms with Gasteiger partial charge in [0.15, 0.2) is 27.2 Å². The van der Waals surface area contributed by atoms with Gasteiger partial charge in [-0.15, -0.1) is 13.2 Å². The van der Waals surface area contributed by atoms with Gasteiger partial charge in [-0.3, -0.25) is 0 Å². The van der Waals surface area contributed by atoms with Crippen LogP contribution in [0.5, 0.6) is 5.75 Å². The number of rotatable bonds is 6. The van der Waals surface area contributed by atoms with Gasteiger partial charge in [0.25, 0.3) is 0 Å². The maximum Gasteiger partial charge on any atom is 0.573 e. The Labute approximate surface area is 226 Å². The monoisotopic (exact) mass is 564 g/mol. The van der Waals surface area contributed by atoms with E-state index in [4.69, 9.17) is 4.42 Å². The number of ether oxygens (including phenoxy) is 1. The number of benzene rings is 3. The second kappa shape index (κ2) is 10.0. The molecule has 3 aromatic carbocycles. The normalized spacial score (nSPS) is 11.8. The summed E-state index contributed by atoms with van der Waals surface area (Å²) >= 11 is 0. The van der Waals surface area contributed by atoms with E-state index in [9.17, 15) is 26.9 Å². The van der Waals surface area contributed by atoms with E-state index in [1.807, 2.05) is 6.07 Å². The SMILES string of the molecule is Cc1nc(-c2ccc(OC(F)(F)F)cc2)c(-c2cc(-c3cccc(S(C)(=O)=O)c3)ccc2-n2ccc(C#N)n2)o1. The fraction of sp³-hybridized carbons (Fsp3) is 0.107. The molecule has 0 aliphatic rings. The summed E-state index contributed by atoms with van der Waals surface area (Å²) in [6, 6.07) is 20.5. The van der Waals surface area contributed by atoms with Crippen molar-refractivity contribution in [2.75, 3.05) is 6.26 Å². The molecule has 0 spiro atoms. The zero-order valence-electron chi connectivity index (χ0n) is 21.0. The van der Waals surface area contributed by atoms with Crippen molar-refractivity contribution in [3.63, 3.8) is 0 Å². The van der Waals surface area contributed by atoms with Crippen LogP contribution in [-0.4, -0.2) is 35.8 Å². The first-order chi connectivity index (χ1) is 18.9. The number of nitriles is 1. The highest BCUT2D eigenvalue weighted by Crippen LogP contribution is 2.39. The van der Waals surface area contributed by atoms with Crippen molar-refractivity contribution in [3.8, 4) is 51.2 Å². The number of halogens is 3. The number of nitrogens with zero attached hydrogens (tertiary/aromatic N) is 4. The van der Waals surface area contributed by atoms with E-state index in [1.54, 1.807) is 55.6 Å². The Bertz CT molecular complexity index is 1870. The predicted molar refractivity (Wildman–Crippen MR) is 139 cm³/mol. The Hall–Kier alpha value is -4.89. The Morgan fingerprint density at radius 3 is 2.33 bits per heavy atom. The minimum absolute atomic E-state index is 0.152. The van der Waals surface area contributed by atoms with Crippen LogP contribution in [0.15, 0.2) is 88.3 Å². The number of aryl methyl sites for hydroxylation is 1. The summed E-state index contributed by atoms with van der Waals surface area (Å²) in [7, 11) is -3.46. The standard InChI is InChI=1S/C28H19F3N4O4S/c1-17-33-26(18-6-9-22(10-7-18)39-28(29,30)31)27(38-17)24-15-20(19-4-3-5-23(14-19)40(2,36)37)8-11-25(24)35-13-12-21(16-32)34-35/h3-15H,1-2H3. The van der Waals surface area contributed by atoms with E-state index >= 15 is 0 Å². The van der Waals surface area contributed by atoms with Gasteiger partial charge in [-0.2, -0.15) is 10.4 Å². The largest absolute Gasteiger partial charge is 0.573 e. The van der Waals surface area contributed by atoms with Crippen LogP contribution < -0.4 is 4.74 Å². The molecule has 0 amide bonds. The summed E-state index contributed by atoms with van der Waals surface area (Å²) in [5.74, 6) is 0.216. The average molecular weight is 565 g/mol. The van der Waals surface area contributed by atoms with E-state index in [0.29, 0.717) is 45.3 Å². The van der Waals surface area contributed by atoms with Gasteiger partial charge in [0, 0.05) is 30.5 Å². The van der Waals surface area contributed by atoms with Gasteiger partial charge in [0.1, 0.15) is 17.5 Å². The van der Waals surface area contributed by atoms with Crippen molar-refractivity contribution >= 4 is 9.84 Å².